The third-order valence-electron chi connectivity index (χ3n) is 8.63. The Balaban J connectivity index is 1.66. The molecule has 36 heavy (non-hydrogen) atoms. The van der Waals surface area contributed by atoms with Gasteiger partial charge in [0, 0.05) is 30.8 Å². The third kappa shape index (κ3) is 4.28. The Morgan fingerprint density at radius 2 is 1.58 bits per heavy atom. The van der Waals surface area contributed by atoms with Crippen molar-refractivity contribution in [2.75, 3.05) is 18.5 Å². The van der Waals surface area contributed by atoms with Gasteiger partial charge in [-0.1, -0.05) is 37.5 Å². The molecule has 5 rings (SSSR count). The summed E-state index contributed by atoms with van der Waals surface area (Å²) >= 11 is 0. The minimum absolute atomic E-state index is 0.0817. The molecule has 194 valence electrons. The maximum Gasteiger partial charge on any atom is 0.497 e. The first-order chi connectivity index (χ1) is 16.9. The quantitative estimate of drug-likeness (QED) is 0.549. The first-order valence-corrected chi connectivity index (χ1v) is 14.4. The van der Waals surface area contributed by atoms with Crippen LogP contribution >= 0.6 is 0 Å². The Morgan fingerprint density at radius 1 is 0.972 bits per heavy atom. The highest BCUT2D eigenvalue weighted by molar-refractivity contribution is 7.89. The third-order valence-corrected chi connectivity index (χ3v) is 10.5. The van der Waals surface area contributed by atoms with Crippen LogP contribution in [0.5, 0.6) is 0 Å². The molecule has 2 aromatic rings. The minimum atomic E-state index is -3.91. The van der Waals surface area contributed by atoms with E-state index in [1.807, 2.05) is 62.9 Å². The highest BCUT2D eigenvalue weighted by Crippen LogP contribution is 2.42. The number of hydrogen-bond acceptors (Lipinski definition) is 5. The van der Waals surface area contributed by atoms with Crippen molar-refractivity contribution in [3.63, 3.8) is 0 Å². The Hall–Kier alpha value is -1.94. The van der Waals surface area contributed by atoms with Crippen LogP contribution in [0, 0.1) is 11.7 Å². The second-order valence-electron chi connectivity index (χ2n) is 11.4. The number of nitrogens with zero attached hydrogens (tertiary/aromatic N) is 2. The molecule has 1 atom stereocenters. The first kappa shape index (κ1) is 25.7. The predicted molar refractivity (Wildman–Crippen MR) is 141 cm³/mol. The molecule has 0 spiro atoms. The van der Waals surface area contributed by atoms with Crippen LogP contribution in [0.15, 0.2) is 47.4 Å². The Kier molecular flexibility index (Phi) is 6.51. The Labute approximate surface area is 215 Å². The molecule has 1 saturated carbocycles. The molecule has 2 fully saturated rings. The topological polar surface area (TPSA) is 59.1 Å². The number of likely N-dealkylation sites (N-methyl/N-ethyl adjacent to an activating group) is 1. The van der Waals surface area contributed by atoms with Crippen molar-refractivity contribution in [1.29, 1.82) is 0 Å². The maximum atomic E-state index is 15.8. The van der Waals surface area contributed by atoms with Gasteiger partial charge in [0.05, 0.1) is 16.9 Å². The Morgan fingerprint density at radius 3 is 2.19 bits per heavy atom. The van der Waals surface area contributed by atoms with Crippen molar-refractivity contribution in [3.05, 3.63) is 48.3 Å². The van der Waals surface area contributed by atoms with Gasteiger partial charge >= 0.3 is 7.12 Å². The monoisotopic (exact) mass is 514 g/mol. The molecule has 6 nitrogen and oxygen atoms in total. The summed E-state index contributed by atoms with van der Waals surface area (Å²) < 4.78 is 57.6. The van der Waals surface area contributed by atoms with Crippen LogP contribution in [0.4, 0.5) is 15.8 Å². The molecule has 2 aromatic carbocycles. The SMILES string of the molecule is CN1C(C2CCCCC2)CN(c2ccccc2)c2cc(F)c(B3OC(C)(C)C(C)(C)O3)cc2S1(=O)=O. The van der Waals surface area contributed by atoms with Crippen LogP contribution in [0.2, 0.25) is 0 Å². The smallest absolute Gasteiger partial charge is 0.399 e. The summed E-state index contributed by atoms with van der Waals surface area (Å²) in [6.07, 6.45) is 5.39. The summed E-state index contributed by atoms with van der Waals surface area (Å²) in [6.45, 7) is 8.04. The Bertz CT molecular complexity index is 1220. The van der Waals surface area contributed by atoms with Crippen LogP contribution in [-0.2, 0) is 19.3 Å². The fourth-order valence-electron chi connectivity index (χ4n) is 5.68. The van der Waals surface area contributed by atoms with Crippen LogP contribution in [0.25, 0.3) is 0 Å². The largest absolute Gasteiger partial charge is 0.497 e. The molecule has 0 N–H and O–H groups in total. The van der Waals surface area contributed by atoms with E-state index in [0.717, 1.165) is 31.4 Å². The number of anilines is 2. The van der Waals surface area contributed by atoms with Crippen LogP contribution in [-0.4, -0.2) is 50.7 Å². The first-order valence-electron chi connectivity index (χ1n) is 12.9. The van der Waals surface area contributed by atoms with Crippen LogP contribution in [0.3, 0.4) is 0 Å². The van der Waals surface area contributed by atoms with E-state index in [1.54, 1.807) is 7.05 Å². The van der Waals surface area contributed by atoms with Crippen molar-refractivity contribution in [2.24, 2.45) is 5.92 Å². The highest BCUT2D eigenvalue weighted by Gasteiger charge is 2.53. The van der Waals surface area contributed by atoms with E-state index in [0.29, 0.717) is 12.2 Å². The van der Waals surface area contributed by atoms with Crippen LogP contribution in [0.1, 0.15) is 59.8 Å². The predicted octanol–water partition coefficient (Wildman–Crippen LogP) is 4.85. The molecule has 0 aromatic heterocycles. The lowest BCUT2D eigenvalue weighted by atomic mass is 9.78. The molecule has 0 radical (unpaired) electrons. The number of fused-ring (bicyclic) bond motifs is 1. The molecular weight excluding hydrogens is 478 g/mol. The summed E-state index contributed by atoms with van der Waals surface area (Å²) in [4.78, 5) is 2.05. The van der Waals surface area contributed by atoms with Crippen LogP contribution < -0.4 is 10.4 Å². The number of benzene rings is 2. The molecule has 3 aliphatic rings. The van der Waals surface area contributed by atoms with E-state index in [-0.39, 0.29) is 22.3 Å². The van der Waals surface area contributed by atoms with Gasteiger partial charge in [0.2, 0.25) is 10.0 Å². The van der Waals surface area contributed by atoms with E-state index in [1.165, 1.54) is 22.9 Å². The van der Waals surface area contributed by atoms with Gasteiger partial charge in [-0.25, -0.2) is 12.8 Å². The van der Waals surface area contributed by atoms with Gasteiger partial charge < -0.3 is 14.2 Å². The van der Waals surface area contributed by atoms with Gasteiger partial charge in [0.25, 0.3) is 0 Å². The lowest BCUT2D eigenvalue weighted by molar-refractivity contribution is 0.00578. The summed E-state index contributed by atoms with van der Waals surface area (Å²) in [6, 6.07) is 12.2. The molecule has 1 unspecified atom stereocenters. The zero-order valence-electron chi connectivity index (χ0n) is 21.8. The van der Waals surface area contributed by atoms with Crippen molar-refractivity contribution >= 4 is 34.0 Å². The fraction of sp³-hybridized carbons (Fsp3) is 0.556. The molecule has 1 aliphatic carbocycles. The van der Waals surface area contributed by atoms with Crippen molar-refractivity contribution < 1.29 is 22.1 Å². The second-order valence-corrected chi connectivity index (χ2v) is 13.3. The summed E-state index contributed by atoms with van der Waals surface area (Å²) in [7, 11) is -3.23. The summed E-state index contributed by atoms with van der Waals surface area (Å²) in [5, 5.41) is 0. The molecular formula is C27H36BFN2O4S. The molecule has 0 amide bonds. The molecule has 0 bridgehead atoms. The molecule has 1 saturated heterocycles. The second kappa shape index (κ2) is 9.12. The van der Waals surface area contributed by atoms with Crippen molar-refractivity contribution in [2.45, 2.75) is 81.9 Å². The van der Waals surface area contributed by atoms with Gasteiger partial charge in [-0.3, -0.25) is 0 Å². The highest BCUT2D eigenvalue weighted by atomic mass is 32.2. The van der Waals surface area contributed by atoms with E-state index < -0.39 is 34.2 Å². The standard InChI is InChI=1S/C27H36BFN2O4S/c1-26(2)27(3,4)35-28(34-26)21-16-25-23(17-22(21)29)31(20-14-10-7-11-15-20)18-24(30(5)36(25,32)33)19-12-8-6-9-13-19/h7,10-11,14-17,19,24H,6,8-9,12-13,18H2,1-5H3. The summed E-state index contributed by atoms with van der Waals surface area (Å²) in [5.74, 6) is -0.284. The van der Waals surface area contributed by atoms with Gasteiger partial charge in [-0.15, -0.1) is 0 Å². The zero-order chi connectivity index (χ0) is 25.9. The summed E-state index contributed by atoms with van der Waals surface area (Å²) in [5.41, 5.74) is -0.0471. The average molecular weight is 514 g/mol. The zero-order valence-corrected chi connectivity index (χ0v) is 22.6. The molecule has 2 aliphatic heterocycles. The van der Waals surface area contributed by atoms with E-state index >= 15 is 4.39 Å². The van der Waals surface area contributed by atoms with E-state index in [9.17, 15) is 8.42 Å². The van der Waals surface area contributed by atoms with Gasteiger partial charge in [0.15, 0.2) is 0 Å². The van der Waals surface area contributed by atoms with Gasteiger partial charge in [0.1, 0.15) is 10.7 Å². The number of para-hydroxylation sites is 1. The fourth-order valence-corrected chi connectivity index (χ4v) is 7.29. The minimum Gasteiger partial charge on any atom is -0.399 e. The van der Waals surface area contributed by atoms with Gasteiger partial charge in [-0.05, 0) is 70.7 Å². The lowest BCUT2D eigenvalue weighted by Crippen LogP contribution is -2.46. The van der Waals surface area contributed by atoms with Crippen molar-refractivity contribution in [1.82, 2.24) is 4.31 Å². The number of rotatable bonds is 3. The van der Waals surface area contributed by atoms with Gasteiger partial charge in [-0.2, -0.15) is 4.31 Å². The normalized spacial score (nSPS) is 26.0. The number of halogens is 1. The van der Waals surface area contributed by atoms with E-state index in [2.05, 4.69) is 0 Å². The molecule has 2 heterocycles. The van der Waals surface area contributed by atoms with E-state index in [4.69, 9.17) is 9.31 Å². The molecule has 9 heteroatoms. The maximum absolute atomic E-state index is 15.8. The average Bonchev–Trinajstić information content (AvgIpc) is 3.01. The van der Waals surface area contributed by atoms with Crippen molar-refractivity contribution in [3.8, 4) is 0 Å². The number of sulfonamides is 1. The number of hydrogen-bond donors (Lipinski definition) is 0. The lowest BCUT2D eigenvalue weighted by Gasteiger charge is -2.36.